The Labute approximate surface area is 125 Å². The Bertz CT molecular complexity index is 728. The topological polar surface area (TPSA) is 90.4 Å². The van der Waals surface area contributed by atoms with Gasteiger partial charge in [-0.15, -0.1) is 0 Å². The van der Waals surface area contributed by atoms with Gasteiger partial charge in [-0.2, -0.15) is 0 Å². The molecule has 1 atom stereocenters. The molecule has 0 amide bonds. The Balaban J connectivity index is 2.14. The third-order valence-electron chi connectivity index (χ3n) is 4.27. The second-order valence-corrected chi connectivity index (χ2v) is 5.49. The van der Waals surface area contributed by atoms with Crippen molar-refractivity contribution in [2.45, 2.75) is 12.8 Å². The first-order valence-electron chi connectivity index (χ1n) is 6.80. The van der Waals surface area contributed by atoms with Gasteiger partial charge in [-0.3, -0.25) is 19.7 Å². The minimum Gasteiger partial charge on any atom is -0.469 e. The summed E-state index contributed by atoms with van der Waals surface area (Å²) in [5.74, 6) is -1.45. The number of fused-ring (bicyclic) bond motifs is 1. The van der Waals surface area contributed by atoms with Crippen LogP contribution in [0.1, 0.15) is 39.3 Å². The Morgan fingerprint density at radius 1 is 1.14 bits per heavy atom. The number of Topliss-reactive ketones (excluding diaryl/α,β-unsaturated/α-hetero) is 2. The van der Waals surface area contributed by atoms with Crippen molar-refractivity contribution in [2.24, 2.45) is 5.41 Å². The molecular weight excluding hydrogens is 286 g/mol. The smallest absolute Gasteiger partial charge is 0.215 e. The summed E-state index contributed by atoms with van der Waals surface area (Å²) in [6, 6.07) is 9.64. The summed E-state index contributed by atoms with van der Waals surface area (Å²) in [5, 5.41) is 11.0. The lowest BCUT2D eigenvalue weighted by Gasteiger charge is -2.26. The number of rotatable bonds is 4. The van der Waals surface area contributed by atoms with Gasteiger partial charge in [0.2, 0.25) is 6.54 Å². The first-order chi connectivity index (χ1) is 10.5. The highest BCUT2D eigenvalue weighted by Gasteiger charge is 2.57. The average Bonchev–Trinajstić information content (AvgIpc) is 3.09. The molecule has 0 fully saturated rings. The summed E-state index contributed by atoms with van der Waals surface area (Å²) < 4.78 is 5.26. The van der Waals surface area contributed by atoms with Gasteiger partial charge in [0.25, 0.3) is 0 Å². The number of nitrogens with zero attached hydrogens (tertiary/aromatic N) is 1. The minimum absolute atomic E-state index is 0.272. The summed E-state index contributed by atoms with van der Waals surface area (Å²) in [4.78, 5) is 36.0. The fourth-order valence-electron chi connectivity index (χ4n) is 3.05. The SMILES string of the molecule is CC1(C(C[N+](=O)[O-])c2ccco2)C(=O)c2ccccc2C1=O. The van der Waals surface area contributed by atoms with Crippen LogP contribution < -0.4 is 0 Å². The van der Waals surface area contributed by atoms with Crippen LogP contribution >= 0.6 is 0 Å². The molecule has 0 saturated carbocycles. The first-order valence-corrected chi connectivity index (χ1v) is 6.80. The molecule has 0 aliphatic heterocycles. The molecule has 0 spiro atoms. The standard InChI is InChI=1S/C16H13NO5/c1-16(12(9-17(20)21)13-7-4-8-22-13)14(18)10-5-2-3-6-11(10)15(16)19/h2-8,12H,9H2,1H3. The van der Waals surface area contributed by atoms with Gasteiger partial charge in [0.05, 0.1) is 6.26 Å². The van der Waals surface area contributed by atoms with Gasteiger partial charge in [0, 0.05) is 16.1 Å². The molecular formula is C16H13NO5. The number of carbonyl (C=O) groups excluding carboxylic acids is 2. The molecule has 6 nitrogen and oxygen atoms in total. The zero-order valence-electron chi connectivity index (χ0n) is 11.8. The lowest BCUT2D eigenvalue weighted by Crippen LogP contribution is -2.39. The van der Waals surface area contributed by atoms with Gasteiger partial charge >= 0.3 is 0 Å². The van der Waals surface area contributed by atoms with Crippen LogP contribution in [0.5, 0.6) is 0 Å². The summed E-state index contributed by atoms with van der Waals surface area (Å²) in [7, 11) is 0. The van der Waals surface area contributed by atoms with E-state index in [1.165, 1.54) is 13.2 Å². The second kappa shape index (κ2) is 4.91. The number of hydrogen-bond acceptors (Lipinski definition) is 5. The monoisotopic (exact) mass is 299 g/mol. The van der Waals surface area contributed by atoms with E-state index in [2.05, 4.69) is 0 Å². The lowest BCUT2D eigenvalue weighted by molar-refractivity contribution is -0.485. The number of nitro groups is 1. The molecule has 0 N–H and O–H groups in total. The maximum Gasteiger partial charge on any atom is 0.215 e. The zero-order valence-corrected chi connectivity index (χ0v) is 11.8. The third-order valence-corrected chi connectivity index (χ3v) is 4.27. The fourth-order valence-corrected chi connectivity index (χ4v) is 3.05. The highest BCUT2D eigenvalue weighted by atomic mass is 16.6. The van der Waals surface area contributed by atoms with Crippen molar-refractivity contribution in [1.29, 1.82) is 0 Å². The summed E-state index contributed by atoms with van der Waals surface area (Å²) in [6.45, 7) is 0.920. The average molecular weight is 299 g/mol. The molecule has 2 aromatic rings. The van der Waals surface area contributed by atoms with Crippen LogP contribution in [0.15, 0.2) is 47.1 Å². The zero-order chi connectivity index (χ0) is 15.9. The fraction of sp³-hybridized carbons (Fsp3) is 0.250. The van der Waals surface area contributed by atoms with Crippen molar-refractivity contribution in [3.05, 3.63) is 69.7 Å². The maximum absolute atomic E-state index is 12.8. The molecule has 1 aromatic heterocycles. The predicted octanol–water partition coefficient (Wildman–Crippen LogP) is 2.73. The normalized spacial score (nSPS) is 17.3. The van der Waals surface area contributed by atoms with Crippen molar-refractivity contribution in [3.8, 4) is 0 Å². The number of furan rings is 1. The van der Waals surface area contributed by atoms with E-state index in [-0.39, 0.29) is 5.76 Å². The minimum atomic E-state index is -1.52. The Hall–Kier alpha value is -2.76. The molecule has 3 rings (SSSR count). The van der Waals surface area contributed by atoms with Crippen LogP contribution in [0, 0.1) is 15.5 Å². The van der Waals surface area contributed by atoms with Crippen molar-refractivity contribution < 1.29 is 18.9 Å². The quantitative estimate of drug-likeness (QED) is 0.492. The molecule has 1 aliphatic rings. The van der Waals surface area contributed by atoms with Gasteiger partial charge in [-0.1, -0.05) is 24.3 Å². The number of hydrogen-bond donors (Lipinski definition) is 0. The van der Waals surface area contributed by atoms with Gasteiger partial charge < -0.3 is 4.42 Å². The molecule has 0 saturated heterocycles. The van der Waals surface area contributed by atoms with E-state index < -0.39 is 34.4 Å². The largest absolute Gasteiger partial charge is 0.469 e. The number of carbonyl (C=O) groups is 2. The molecule has 22 heavy (non-hydrogen) atoms. The van der Waals surface area contributed by atoms with E-state index in [1.807, 2.05) is 0 Å². The number of ketones is 2. The van der Waals surface area contributed by atoms with Crippen LogP contribution in [-0.4, -0.2) is 23.0 Å². The molecule has 6 heteroatoms. The predicted molar refractivity (Wildman–Crippen MR) is 76.5 cm³/mol. The molecule has 1 unspecified atom stereocenters. The van der Waals surface area contributed by atoms with E-state index in [1.54, 1.807) is 36.4 Å². The van der Waals surface area contributed by atoms with Crippen LogP contribution in [-0.2, 0) is 0 Å². The maximum atomic E-state index is 12.8. The van der Waals surface area contributed by atoms with Crippen molar-refractivity contribution in [1.82, 2.24) is 0 Å². The van der Waals surface area contributed by atoms with Crippen LogP contribution in [0.4, 0.5) is 0 Å². The molecule has 1 heterocycles. The van der Waals surface area contributed by atoms with Crippen molar-refractivity contribution in [3.63, 3.8) is 0 Å². The molecule has 112 valence electrons. The van der Waals surface area contributed by atoms with Crippen LogP contribution in [0.3, 0.4) is 0 Å². The second-order valence-electron chi connectivity index (χ2n) is 5.49. The Morgan fingerprint density at radius 2 is 1.73 bits per heavy atom. The van der Waals surface area contributed by atoms with Gasteiger partial charge in [0.15, 0.2) is 11.6 Å². The van der Waals surface area contributed by atoms with Crippen LogP contribution in [0.25, 0.3) is 0 Å². The summed E-state index contributed by atoms with van der Waals surface area (Å²) in [5.41, 5.74) is -0.890. The Morgan fingerprint density at radius 3 is 2.18 bits per heavy atom. The van der Waals surface area contributed by atoms with Gasteiger partial charge in [-0.05, 0) is 19.1 Å². The highest BCUT2D eigenvalue weighted by Crippen LogP contribution is 2.46. The summed E-state index contributed by atoms with van der Waals surface area (Å²) in [6.07, 6.45) is 1.38. The third kappa shape index (κ3) is 1.88. The van der Waals surface area contributed by atoms with Gasteiger partial charge in [0.1, 0.15) is 17.1 Å². The van der Waals surface area contributed by atoms with Gasteiger partial charge in [-0.25, -0.2) is 0 Å². The van der Waals surface area contributed by atoms with E-state index in [4.69, 9.17) is 4.42 Å². The number of benzene rings is 1. The Kier molecular flexibility index (Phi) is 3.16. The molecule has 1 aromatic carbocycles. The van der Waals surface area contributed by atoms with E-state index in [0.717, 1.165) is 0 Å². The van der Waals surface area contributed by atoms with E-state index in [9.17, 15) is 19.7 Å². The summed E-state index contributed by atoms with van der Waals surface area (Å²) >= 11 is 0. The van der Waals surface area contributed by atoms with Crippen molar-refractivity contribution >= 4 is 11.6 Å². The molecule has 1 aliphatic carbocycles. The highest BCUT2D eigenvalue weighted by molar-refractivity contribution is 6.29. The van der Waals surface area contributed by atoms with E-state index >= 15 is 0 Å². The van der Waals surface area contributed by atoms with E-state index in [0.29, 0.717) is 11.1 Å². The first kappa shape index (κ1) is 14.2. The molecule has 0 radical (unpaired) electrons. The molecule has 0 bridgehead atoms. The van der Waals surface area contributed by atoms with Crippen LogP contribution in [0.2, 0.25) is 0 Å². The lowest BCUT2D eigenvalue weighted by atomic mass is 9.72. The van der Waals surface area contributed by atoms with Crippen molar-refractivity contribution in [2.75, 3.05) is 6.54 Å².